The minimum absolute atomic E-state index is 0.000984. The Morgan fingerprint density at radius 3 is 2.47 bits per heavy atom. The summed E-state index contributed by atoms with van der Waals surface area (Å²) < 4.78 is 0. The van der Waals surface area contributed by atoms with Gasteiger partial charge in [0.05, 0.1) is 6.04 Å². The predicted octanol–water partition coefficient (Wildman–Crippen LogP) is 2.41. The Bertz CT molecular complexity index is 398. The molecule has 0 saturated carbocycles. The van der Waals surface area contributed by atoms with Crippen LogP contribution in [-0.2, 0) is 4.79 Å². The number of rotatable bonds is 5. The van der Waals surface area contributed by atoms with E-state index in [4.69, 9.17) is 5.73 Å². The zero-order valence-corrected chi connectivity index (χ0v) is 12.3. The summed E-state index contributed by atoms with van der Waals surface area (Å²) in [6.45, 7) is 8.35. The highest BCUT2D eigenvalue weighted by atomic mass is 16.1. The summed E-state index contributed by atoms with van der Waals surface area (Å²) in [5.41, 5.74) is 7.20. The maximum atomic E-state index is 11.9. The lowest BCUT2D eigenvalue weighted by atomic mass is 9.87. The topological polar surface area (TPSA) is 68.0 Å². The van der Waals surface area contributed by atoms with E-state index in [-0.39, 0.29) is 23.4 Å². The van der Waals surface area contributed by atoms with Crippen LogP contribution in [0.3, 0.4) is 0 Å². The second-order valence-corrected chi connectivity index (χ2v) is 6.30. The highest BCUT2D eigenvalue weighted by molar-refractivity contribution is 5.77. The molecule has 0 radical (unpaired) electrons. The average Bonchev–Trinajstić information content (AvgIpc) is 2.27. The third kappa shape index (κ3) is 6.34. The van der Waals surface area contributed by atoms with E-state index >= 15 is 0 Å². The molecule has 106 valence electrons. The first-order valence-electron chi connectivity index (χ1n) is 6.73. The highest BCUT2D eigenvalue weighted by Gasteiger charge is 2.19. The first kappa shape index (κ1) is 15.6. The van der Waals surface area contributed by atoms with Crippen molar-refractivity contribution < 1.29 is 4.79 Å². The molecule has 0 aliphatic carbocycles. The van der Waals surface area contributed by atoms with Gasteiger partial charge < -0.3 is 11.1 Å². The number of carbonyl (C=O) groups is 1. The van der Waals surface area contributed by atoms with Crippen molar-refractivity contribution in [1.82, 2.24) is 10.3 Å². The number of hydrogen-bond donors (Lipinski definition) is 2. The molecule has 1 rings (SSSR count). The second kappa shape index (κ2) is 6.66. The van der Waals surface area contributed by atoms with Crippen LogP contribution in [0.25, 0.3) is 0 Å². The summed E-state index contributed by atoms with van der Waals surface area (Å²) in [5, 5.41) is 2.97. The van der Waals surface area contributed by atoms with E-state index in [0.717, 1.165) is 12.0 Å². The summed E-state index contributed by atoms with van der Waals surface area (Å²) >= 11 is 0. The number of nitrogens with one attached hydrogen (secondary N) is 1. The number of nitrogens with zero attached hydrogens (tertiary/aromatic N) is 1. The maximum Gasteiger partial charge on any atom is 0.222 e. The molecule has 1 unspecified atom stereocenters. The molecule has 0 aromatic carbocycles. The first-order valence-corrected chi connectivity index (χ1v) is 6.73. The van der Waals surface area contributed by atoms with Crippen molar-refractivity contribution in [3.63, 3.8) is 0 Å². The van der Waals surface area contributed by atoms with Crippen LogP contribution in [-0.4, -0.2) is 16.9 Å². The van der Waals surface area contributed by atoms with Crippen molar-refractivity contribution in [2.45, 2.75) is 52.6 Å². The summed E-state index contributed by atoms with van der Waals surface area (Å²) in [7, 11) is 0. The minimum atomic E-state index is -0.0929. The van der Waals surface area contributed by atoms with E-state index in [1.54, 1.807) is 12.4 Å². The summed E-state index contributed by atoms with van der Waals surface area (Å²) in [4.78, 5) is 15.9. The summed E-state index contributed by atoms with van der Waals surface area (Å²) in [6, 6.07) is 3.70. The molecule has 4 heteroatoms. The van der Waals surface area contributed by atoms with E-state index in [0.29, 0.717) is 6.42 Å². The predicted molar refractivity (Wildman–Crippen MR) is 77.5 cm³/mol. The number of hydrogen-bond acceptors (Lipinski definition) is 3. The quantitative estimate of drug-likeness (QED) is 0.857. The van der Waals surface area contributed by atoms with E-state index in [1.165, 1.54) is 0 Å². The molecule has 0 aliphatic rings. The molecule has 0 aliphatic heterocycles. The van der Waals surface area contributed by atoms with Gasteiger partial charge in [-0.1, -0.05) is 20.8 Å². The van der Waals surface area contributed by atoms with Crippen LogP contribution in [0.5, 0.6) is 0 Å². The lowest BCUT2D eigenvalue weighted by Crippen LogP contribution is -2.35. The first-order chi connectivity index (χ1) is 8.78. The van der Waals surface area contributed by atoms with Crippen molar-refractivity contribution in [1.29, 1.82) is 0 Å². The van der Waals surface area contributed by atoms with Gasteiger partial charge in [0.1, 0.15) is 0 Å². The Hall–Kier alpha value is -1.42. The number of nitrogens with two attached hydrogens (primary N) is 1. The largest absolute Gasteiger partial charge is 0.350 e. The van der Waals surface area contributed by atoms with Crippen LogP contribution in [0.1, 0.15) is 52.1 Å². The van der Waals surface area contributed by atoms with Gasteiger partial charge >= 0.3 is 0 Å². The molecule has 3 N–H and O–H groups in total. The van der Waals surface area contributed by atoms with Gasteiger partial charge in [-0.15, -0.1) is 0 Å². The molecule has 0 saturated heterocycles. The summed E-state index contributed by atoms with van der Waals surface area (Å²) in [5.74, 6) is 0.000984. The molecular weight excluding hydrogens is 238 g/mol. The standard InChI is InChI=1S/C15H25N3O/c1-11(12-5-7-17-8-6-12)18-14(19)9-13(16)10-15(2,3)4/h5-8,11,13H,9-10,16H2,1-4H3,(H,18,19)/t11-,13?/m0/s1. The van der Waals surface area contributed by atoms with Gasteiger partial charge in [-0.05, 0) is 36.5 Å². The van der Waals surface area contributed by atoms with Crippen molar-refractivity contribution >= 4 is 5.91 Å². The second-order valence-electron chi connectivity index (χ2n) is 6.30. The molecule has 1 heterocycles. The Morgan fingerprint density at radius 2 is 1.95 bits per heavy atom. The fourth-order valence-electron chi connectivity index (χ4n) is 2.13. The van der Waals surface area contributed by atoms with Crippen molar-refractivity contribution in [3.8, 4) is 0 Å². The monoisotopic (exact) mass is 263 g/mol. The van der Waals surface area contributed by atoms with Crippen LogP contribution in [0.15, 0.2) is 24.5 Å². The molecule has 1 aromatic heterocycles. The lowest BCUT2D eigenvalue weighted by molar-refractivity contribution is -0.122. The Morgan fingerprint density at radius 1 is 1.37 bits per heavy atom. The minimum Gasteiger partial charge on any atom is -0.350 e. The van der Waals surface area contributed by atoms with Gasteiger partial charge in [0.15, 0.2) is 0 Å². The molecule has 4 nitrogen and oxygen atoms in total. The molecule has 0 bridgehead atoms. The molecule has 0 spiro atoms. The molecule has 2 atom stereocenters. The third-order valence-electron chi connectivity index (χ3n) is 2.91. The van der Waals surface area contributed by atoms with Crippen molar-refractivity contribution in [2.75, 3.05) is 0 Å². The van der Waals surface area contributed by atoms with Gasteiger partial charge in [-0.2, -0.15) is 0 Å². The highest BCUT2D eigenvalue weighted by Crippen LogP contribution is 2.21. The molecule has 19 heavy (non-hydrogen) atoms. The van der Waals surface area contributed by atoms with Gasteiger partial charge in [-0.25, -0.2) is 0 Å². The molecule has 1 amide bonds. The average molecular weight is 263 g/mol. The number of aromatic nitrogens is 1. The lowest BCUT2D eigenvalue weighted by Gasteiger charge is -2.23. The van der Waals surface area contributed by atoms with Crippen LogP contribution in [0, 0.1) is 5.41 Å². The zero-order chi connectivity index (χ0) is 14.5. The van der Waals surface area contributed by atoms with Crippen molar-refractivity contribution in [2.24, 2.45) is 11.1 Å². The van der Waals surface area contributed by atoms with Gasteiger partial charge in [-0.3, -0.25) is 9.78 Å². The maximum absolute atomic E-state index is 11.9. The Kier molecular flexibility index (Phi) is 5.48. The van der Waals surface area contributed by atoms with Crippen molar-refractivity contribution in [3.05, 3.63) is 30.1 Å². The smallest absolute Gasteiger partial charge is 0.222 e. The fourth-order valence-corrected chi connectivity index (χ4v) is 2.13. The zero-order valence-electron chi connectivity index (χ0n) is 12.3. The SMILES string of the molecule is C[C@H](NC(=O)CC(N)CC(C)(C)C)c1ccncc1. The number of pyridine rings is 1. The van der Waals surface area contributed by atoms with E-state index in [9.17, 15) is 4.79 Å². The van der Waals surface area contributed by atoms with E-state index < -0.39 is 0 Å². The van der Waals surface area contributed by atoms with E-state index in [1.807, 2.05) is 19.1 Å². The van der Waals surface area contributed by atoms with Gasteiger partial charge in [0.25, 0.3) is 0 Å². The molecular formula is C15H25N3O. The van der Waals surface area contributed by atoms with Gasteiger partial charge in [0, 0.05) is 24.9 Å². The normalized spacial score (nSPS) is 14.8. The van der Waals surface area contributed by atoms with Gasteiger partial charge in [0.2, 0.25) is 5.91 Å². The molecule has 0 fully saturated rings. The Labute approximate surface area is 115 Å². The Balaban J connectivity index is 2.43. The van der Waals surface area contributed by atoms with Crippen LogP contribution in [0.4, 0.5) is 0 Å². The third-order valence-corrected chi connectivity index (χ3v) is 2.91. The fraction of sp³-hybridized carbons (Fsp3) is 0.600. The van der Waals surface area contributed by atoms with Crippen LogP contribution in [0.2, 0.25) is 0 Å². The van der Waals surface area contributed by atoms with Crippen LogP contribution >= 0.6 is 0 Å². The van der Waals surface area contributed by atoms with Crippen LogP contribution < -0.4 is 11.1 Å². The summed E-state index contributed by atoms with van der Waals surface area (Å²) in [6.07, 6.45) is 4.66. The molecule has 1 aromatic rings. The number of carbonyl (C=O) groups excluding carboxylic acids is 1. The number of amides is 1. The van der Waals surface area contributed by atoms with E-state index in [2.05, 4.69) is 31.1 Å².